The van der Waals surface area contributed by atoms with Crippen LogP contribution in [0.5, 0.6) is 0 Å². The van der Waals surface area contributed by atoms with Crippen LogP contribution in [0.4, 0.5) is 5.95 Å². The predicted molar refractivity (Wildman–Crippen MR) is 83.1 cm³/mol. The average molecular weight is 322 g/mol. The van der Waals surface area contributed by atoms with E-state index < -0.39 is 0 Å². The number of halogens is 1. The van der Waals surface area contributed by atoms with Crippen molar-refractivity contribution in [3.63, 3.8) is 0 Å². The Balaban J connectivity index is 2.08. The Labute approximate surface area is 122 Å². The number of fused-ring (bicyclic) bond motifs is 1. The molecule has 1 aromatic carbocycles. The van der Waals surface area contributed by atoms with Crippen LogP contribution in [0.3, 0.4) is 0 Å². The summed E-state index contributed by atoms with van der Waals surface area (Å²) in [6, 6.07) is 6.66. The van der Waals surface area contributed by atoms with Crippen LogP contribution < -0.4 is 5.73 Å². The molecule has 3 rings (SSSR count). The third kappa shape index (κ3) is 2.38. The maximum atomic E-state index is 6.16. The summed E-state index contributed by atoms with van der Waals surface area (Å²) < 4.78 is 3.32. The van der Waals surface area contributed by atoms with E-state index >= 15 is 0 Å². The van der Waals surface area contributed by atoms with E-state index in [1.165, 1.54) is 19.3 Å². The first-order chi connectivity index (χ1) is 9.04. The molecule has 1 aromatic heterocycles. The van der Waals surface area contributed by atoms with Gasteiger partial charge in [0.2, 0.25) is 5.95 Å². The lowest BCUT2D eigenvalue weighted by Crippen LogP contribution is -2.23. The van der Waals surface area contributed by atoms with Crippen molar-refractivity contribution in [2.24, 2.45) is 11.8 Å². The molecule has 1 aliphatic carbocycles. The summed E-state index contributed by atoms with van der Waals surface area (Å²) >= 11 is 3.54. The van der Waals surface area contributed by atoms with Crippen LogP contribution >= 0.6 is 15.9 Å². The molecule has 0 aliphatic heterocycles. The van der Waals surface area contributed by atoms with E-state index in [4.69, 9.17) is 5.73 Å². The highest BCUT2D eigenvalue weighted by Crippen LogP contribution is 2.39. The Morgan fingerprint density at radius 3 is 2.58 bits per heavy atom. The van der Waals surface area contributed by atoms with Crippen LogP contribution in [0.2, 0.25) is 0 Å². The fourth-order valence-corrected chi connectivity index (χ4v) is 3.93. The quantitative estimate of drug-likeness (QED) is 0.847. The molecule has 1 heterocycles. The van der Waals surface area contributed by atoms with Crippen molar-refractivity contribution in [1.82, 2.24) is 9.55 Å². The van der Waals surface area contributed by atoms with Crippen molar-refractivity contribution in [3.8, 4) is 0 Å². The molecule has 0 spiro atoms. The van der Waals surface area contributed by atoms with Crippen LogP contribution in [-0.2, 0) is 0 Å². The third-order valence-electron chi connectivity index (χ3n) is 4.20. The topological polar surface area (TPSA) is 43.8 Å². The number of hydrogen-bond donors (Lipinski definition) is 1. The van der Waals surface area contributed by atoms with Crippen molar-refractivity contribution in [1.29, 1.82) is 0 Å². The van der Waals surface area contributed by atoms with Gasteiger partial charge in [-0.1, -0.05) is 29.8 Å². The minimum Gasteiger partial charge on any atom is -0.369 e. The van der Waals surface area contributed by atoms with Crippen molar-refractivity contribution in [3.05, 3.63) is 22.7 Å². The van der Waals surface area contributed by atoms with Gasteiger partial charge in [0.15, 0.2) is 0 Å². The van der Waals surface area contributed by atoms with Gasteiger partial charge < -0.3 is 10.3 Å². The zero-order valence-corrected chi connectivity index (χ0v) is 13.0. The molecule has 1 aliphatic rings. The lowest BCUT2D eigenvalue weighted by Gasteiger charge is -2.33. The Hall–Kier alpha value is -1.03. The Morgan fingerprint density at radius 1 is 1.21 bits per heavy atom. The molecule has 0 bridgehead atoms. The summed E-state index contributed by atoms with van der Waals surface area (Å²) in [5.74, 6) is 2.18. The molecule has 2 unspecified atom stereocenters. The Kier molecular flexibility index (Phi) is 3.29. The summed E-state index contributed by atoms with van der Waals surface area (Å²) in [5.41, 5.74) is 8.30. The molecule has 2 N–H and O–H groups in total. The fourth-order valence-electron chi connectivity index (χ4n) is 3.58. The molecule has 1 saturated carbocycles. The van der Waals surface area contributed by atoms with Crippen molar-refractivity contribution < 1.29 is 0 Å². The van der Waals surface area contributed by atoms with Crippen LogP contribution in [-0.4, -0.2) is 9.55 Å². The first-order valence-corrected chi connectivity index (χ1v) is 7.77. The molecule has 4 heteroatoms. The van der Waals surface area contributed by atoms with Gasteiger partial charge >= 0.3 is 0 Å². The number of anilines is 1. The zero-order valence-electron chi connectivity index (χ0n) is 11.4. The number of nitrogens with zero attached hydrogens (tertiary/aromatic N) is 2. The number of rotatable bonds is 1. The highest BCUT2D eigenvalue weighted by molar-refractivity contribution is 9.10. The van der Waals surface area contributed by atoms with Gasteiger partial charge in [0.25, 0.3) is 0 Å². The lowest BCUT2D eigenvalue weighted by molar-refractivity contribution is 0.226. The van der Waals surface area contributed by atoms with Gasteiger partial charge in [-0.3, -0.25) is 0 Å². The maximum absolute atomic E-state index is 6.16. The summed E-state index contributed by atoms with van der Waals surface area (Å²) in [5, 5.41) is 0. The maximum Gasteiger partial charge on any atom is 0.201 e. The Morgan fingerprint density at radius 2 is 1.89 bits per heavy atom. The van der Waals surface area contributed by atoms with Gasteiger partial charge in [0.05, 0.1) is 11.0 Å². The van der Waals surface area contributed by atoms with Gasteiger partial charge in [0.1, 0.15) is 0 Å². The molecular weight excluding hydrogens is 302 g/mol. The first kappa shape index (κ1) is 13.0. The van der Waals surface area contributed by atoms with E-state index in [-0.39, 0.29) is 0 Å². The molecular formula is C15H20BrN3. The van der Waals surface area contributed by atoms with Gasteiger partial charge in [-0.2, -0.15) is 0 Å². The molecule has 3 nitrogen and oxygen atoms in total. The van der Waals surface area contributed by atoms with E-state index in [0.717, 1.165) is 27.3 Å². The molecule has 2 atom stereocenters. The van der Waals surface area contributed by atoms with E-state index in [9.17, 15) is 0 Å². The standard InChI is InChI=1S/C15H20BrN3/c1-9-5-10(2)7-12(6-9)19-14-8-11(16)3-4-13(14)18-15(19)17/h3-4,8-10,12H,5-7H2,1-2H3,(H2,17,18). The van der Waals surface area contributed by atoms with Gasteiger partial charge in [-0.15, -0.1) is 0 Å². The van der Waals surface area contributed by atoms with Gasteiger partial charge in [-0.05, 0) is 49.3 Å². The smallest absolute Gasteiger partial charge is 0.201 e. The van der Waals surface area contributed by atoms with E-state index in [2.05, 4.69) is 45.4 Å². The van der Waals surface area contributed by atoms with Crippen LogP contribution in [0.15, 0.2) is 22.7 Å². The summed E-state index contributed by atoms with van der Waals surface area (Å²) in [4.78, 5) is 4.50. The normalized spacial score (nSPS) is 27.8. The molecule has 102 valence electrons. The summed E-state index contributed by atoms with van der Waals surface area (Å²) in [7, 11) is 0. The molecule has 0 radical (unpaired) electrons. The number of nitrogen functional groups attached to an aromatic ring is 1. The highest BCUT2D eigenvalue weighted by atomic mass is 79.9. The molecule has 2 aromatic rings. The first-order valence-electron chi connectivity index (χ1n) is 6.97. The second kappa shape index (κ2) is 4.82. The second-order valence-electron chi connectivity index (χ2n) is 6.04. The van der Waals surface area contributed by atoms with Gasteiger partial charge in [-0.25, -0.2) is 4.98 Å². The highest BCUT2D eigenvalue weighted by Gasteiger charge is 2.27. The molecule has 0 amide bonds. The second-order valence-corrected chi connectivity index (χ2v) is 6.96. The van der Waals surface area contributed by atoms with Gasteiger partial charge in [0, 0.05) is 10.5 Å². The number of nitrogens with two attached hydrogens (primary N) is 1. The van der Waals surface area contributed by atoms with Crippen molar-refractivity contribution in [2.45, 2.75) is 39.2 Å². The lowest BCUT2D eigenvalue weighted by atomic mass is 9.80. The minimum atomic E-state index is 0.484. The van der Waals surface area contributed by atoms with Crippen LogP contribution in [0, 0.1) is 11.8 Å². The van der Waals surface area contributed by atoms with Crippen LogP contribution in [0.1, 0.15) is 39.2 Å². The number of imidazole rings is 1. The molecule has 19 heavy (non-hydrogen) atoms. The van der Waals surface area contributed by atoms with E-state index in [1.54, 1.807) is 0 Å². The molecule has 1 fully saturated rings. The number of hydrogen-bond acceptors (Lipinski definition) is 2. The monoisotopic (exact) mass is 321 g/mol. The SMILES string of the molecule is CC1CC(C)CC(n2c(N)nc3ccc(Br)cc32)C1. The predicted octanol–water partition coefficient (Wildman–Crippen LogP) is 4.38. The third-order valence-corrected chi connectivity index (χ3v) is 4.69. The van der Waals surface area contributed by atoms with Crippen molar-refractivity contribution >= 4 is 32.9 Å². The largest absolute Gasteiger partial charge is 0.369 e. The van der Waals surface area contributed by atoms with E-state index in [1.807, 2.05) is 12.1 Å². The van der Waals surface area contributed by atoms with Crippen LogP contribution in [0.25, 0.3) is 11.0 Å². The number of aromatic nitrogens is 2. The fraction of sp³-hybridized carbons (Fsp3) is 0.533. The number of benzene rings is 1. The van der Waals surface area contributed by atoms with E-state index in [0.29, 0.717) is 12.0 Å². The summed E-state index contributed by atoms with van der Waals surface area (Å²) in [6.45, 7) is 4.68. The summed E-state index contributed by atoms with van der Waals surface area (Å²) in [6.07, 6.45) is 3.73. The Bertz CT molecular complexity index is 595. The zero-order chi connectivity index (χ0) is 13.6. The minimum absolute atomic E-state index is 0.484. The van der Waals surface area contributed by atoms with Crippen molar-refractivity contribution in [2.75, 3.05) is 5.73 Å². The molecule has 0 saturated heterocycles. The average Bonchev–Trinajstić information content (AvgIpc) is 2.63.